The molecular weight excluding hydrogens is 365 g/mol. The van der Waals surface area contributed by atoms with Crippen LogP contribution < -0.4 is 5.56 Å². The summed E-state index contributed by atoms with van der Waals surface area (Å²) in [6, 6.07) is 14.3. The molecule has 2 aromatic heterocycles. The molecule has 4 nitrogen and oxygen atoms in total. The number of hydrogen-bond donors (Lipinski definition) is 0. The standard InChI is InChI=1S/C24H18FN3O/c1-3-16-7-8-18(12-17(16)4-2)19-9-10-20(21(25)13-19)15-28-22-6-5-11-26-24(22)27-14-23(28)29/h3-14H,1-2,15H2. The Morgan fingerprint density at radius 3 is 2.48 bits per heavy atom. The molecule has 0 N–H and O–H groups in total. The topological polar surface area (TPSA) is 47.8 Å². The van der Waals surface area contributed by atoms with Crippen LogP contribution in [0.1, 0.15) is 16.7 Å². The molecule has 0 aliphatic carbocycles. The smallest absolute Gasteiger partial charge is 0.269 e. The van der Waals surface area contributed by atoms with E-state index in [9.17, 15) is 9.18 Å². The first-order chi connectivity index (χ1) is 14.1. The number of pyridine rings is 1. The van der Waals surface area contributed by atoms with Crippen molar-refractivity contribution in [2.45, 2.75) is 6.54 Å². The maximum atomic E-state index is 14.9. The van der Waals surface area contributed by atoms with Crippen LogP contribution in [0.3, 0.4) is 0 Å². The maximum Gasteiger partial charge on any atom is 0.269 e. The van der Waals surface area contributed by atoms with Crippen LogP contribution in [0, 0.1) is 5.82 Å². The lowest BCUT2D eigenvalue weighted by Crippen LogP contribution is -2.21. The Hall–Kier alpha value is -3.86. The molecule has 5 heteroatoms. The third-order valence-corrected chi connectivity index (χ3v) is 4.86. The molecule has 0 aliphatic rings. The first kappa shape index (κ1) is 18.5. The van der Waals surface area contributed by atoms with Gasteiger partial charge in [0.2, 0.25) is 0 Å². The van der Waals surface area contributed by atoms with Crippen molar-refractivity contribution < 1.29 is 4.39 Å². The highest BCUT2D eigenvalue weighted by Gasteiger charge is 2.11. The molecule has 0 bridgehead atoms. The van der Waals surface area contributed by atoms with Gasteiger partial charge < -0.3 is 0 Å². The molecule has 0 saturated heterocycles. The summed E-state index contributed by atoms with van der Waals surface area (Å²) in [5, 5.41) is 0. The molecule has 4 rings (SSSR count). The van der Waals surface area contributed by atoms with E-state index < -0.39 is 0 Å². The van der Waals surface area contributed by atoms with Gasteiger partial charge in [-0.25, -0.2) is 14.4 Å². The minimum atomic E-state index is -0.379. The molecule has 29 heavy (non-hydrogen) atoms. The lowest BCUT2D eigenvalue weighted by atomic mass is 9.98. The summed E-state index contributed by atoms with van der Waals surface area (Å²) in [5.74, 6) is -0.379. The third-order valence-electron chi connectivity index (χ3n) is 4.86. The summed E-state index contributed by atoms with van der Waals surface area (Å²) in [7, 11) is 0. The second-order valence-corrected chi connectivity index (χ2v) is 6.59. The van der Waals surface area contributed by atoms with E-state index >= 15 is 0 Å². The predicted octanol–water partition coefficient (Wildman–Crippen LogP) is 4.93. The fourth-order valence-electron chi connectivity index (χ4n) is 3.31. The molecule has 2 heterocycles. The van der Waals surface area contributed by atoms with Gasteiger partial charge in [0.25, 0.3) is 5.56 Å². The lowest BCUT2D eigenvalue weighted by Gasteiger charge is -2.11. The van der Waals surface area contributed by atoms with Crippen LogP contribution in [-0.2, 0) is 6.54 Å². The van der Waals surface area contributed by atoms with Gasteiger partial charge in [0.05, 0.1) is 18.3 Å². The number of nitrogens with zero attached hydrogens (tertiary/aromatic N) is 3. The maximum absolute atomic E-state index is 14.9. The van der Waals surface area contributed by atoms with E-state index in [4.69, 9.17) is 0 Å². The van der Waals surface area contributed by atoms with Crippen LogP contribution in [0.4, 0.5) is 4.39 Å². The zero-order chi connectivity index (χ0) is 20.4. The lowest BCUT2D eigenvalue weighted by molar-refractivity contribution is 0.599. The minimum Gasteiger partial charge on any atom is -0.299 e. The summed E-state index contributed by atoms with van der Waals surface area (Å²) < 4.78 is 16.4. The molecule has 142 valence electrons. The van der Waals surface area contributed by atoms with Crippen molar-refractivity contribution in [1.29, 1.82) is 0 Å². The molecule has 2 aromatic carbocycles. The Kier molecular flexibility index (Phi) is 4.87. The number of hydrogen-bond acceptors (Lipinski definition) is 3. The highest BCUT2D eigenvalue weighted by molar-refractivity contribution is 5.73. The van der Waals surface area contributed by atoms with Gasteiger partial charge in [0, 0.05) is 11.8 Å². The van der Waals surface area contributed by atoms with Gasteiger partial charge in [-0.1, -0.05) is 49.6 Å². The Balaban J connectivity index is 1.72. The van der Waals surface area contributed by atoms with Crippen molar-refractivity contribution in [1.82, 2.24) is 14.5 Å². The van der Waals surface area contributed by atoms with E-state index in [0.29, 0.717) is 16.7 Å². The molecule has 0 unspecified atom stereocenters. The van der Waals surface area contributed by atoms with Gasteiger partial charge in [-0.05, 0) is 46.5 Å². The van der Waals surface area contributed by atoms with Gasteiger partial charge >= 0.3 is 0 Å². The number of benzene rings is 2. The molecule has 0 atom stereocenters. The highest BCUT2D eigenvalue weighted by atomic mass is 19.1. The number of halogens is 1. The van der Waals surface area contributed by atoms with Crippen molar-refractivity contribution in [3.8, 4) is 11.1 Å². The van der Waals surface area contributed by atoms with Crippen molar-refractivity contribution in [3.05, 3.63) is 107 Å². The van der Waals surface area contributed by atoms with Crippen LogP contribution >= 0.6 is 0 Å². The number of fused-ring (bicyclic) bond motifs is 1. The number of rotatable bonds is 5. The zero-order valence-corrected chi connectivity index (χ0v) is 15.7. The Morgan fingerprint density at radius 2 is 1.72 bits per heavy atom. The summed E-state index contributed by atoms with van der Waals surface area (Å²) in [5.41, 5.74) is 4.67. The second-order valence-electron chi connectivity index (χ2n) is 6.59. The summed E-state index contributed by atoms with van der Waals surface area (Å²) in [4.78, 5) is 20.5. The quantitative estimate of drug-likeness (QED) is 0.491. The van der Waals surface area contributed by atoms with Crippen molar-refractivity contribution in [2.24, 2.45) is 0 Å². The van der Waals surface area contributed by atoms with E-state index in [1.165, 1.54) is 16.8 Å². The molecule has 0 fully saturated rings. The monoisotopic (exact) mass is 383 g/mol. The number of aromatic nitrogens is 3. The van der Waals surface area contributed by atoms with Gasteiger partial charge in [0.15, 0.2) is 5.65 Å². The van der Waals surface area contributed by atoms with Crippen LogP contribution in [0.25, 0.3) is 34.4 Å². The highest BCUT2D eigenvalue weighted by Crippen LogP contribution is 2.26. The summed E-state index contributed by atoms with van der Waals surface area (Å²) in [6.07, 6.45) is 6.32. The first-order valence-corrected chi connectivity index (χ1v) is 9.09. The normalized spacial score (nSPS) is 10.8. The van der Waals surface area contributed by atoms with Crippen LogP contribution in [-0.4, -0.2) is 14.5 Å². The Morgan fingerprint density at radius 1 is 0.966 bits per heavy atom. The summed E-state index contributed by atoms with van der Waals surface area (Å²) >= 11 is 0. The molecule has 0 spiro atoms. The molecular formula is C24H18FN3O. The van der Waals surface area contributed by atoms with E-state index in [1.807, 2.05) is 24.3 Å². The van der Waals surface area contributed by atoms with Gasteiger partial charge in [-0.2, -0.15) is 0 Å². The van der Waals surface area contributed by atoms with Gasteiger partial charge in [0.1, 0.15) is 5.82 Å². The predicted molar refractivity (Wildman–Crippen MR) is 115 cm³/mol. The molecule has 0 amide bonds. The van der Waals surface area contributed by atoms with Crippen LogP contribution in [0.15, 0.2) is 78.9 Å². The first-order valence-electron chi connectivity index (χ1n) is 9.09. The Labute approximate surface area is 167 Å². The van der Waals surface area contributed by atoms with Crippen molar-refractivity contribution in [2.75, 3.05) is 0 Å². The van der Waals surface area contributed by atoms with Gasteiger partial charge in [-0.3, -0.25) is 9.36 Å². The average Bonchev–Trinajstić information content (AvgIpc) is 2.76. The SMILES string of the molecule is C=Cc1ccc(-c2ccc(Cn3c(=O)cnc4ncccc43)c(F)c2)cc1C=C. The fraction of sp³-hybridized carbons (Fsp3) is 0.0417. The average molecular weight is 383 g/mol. The van der Waals surface area contributed by atoms with Crippen molar-refractivity contribution >= 4 is 23.3 Å². The largest absolute Gasteiger partial charge is 0.299 e. The van der Waals surface area contributed by atoms with E-state index in [0.717, 1.165) is 22.3 Å². The van der Waals surface area contributed by atoms with Crippen LogP contribution in [0.2, 0.25) is 0 Å². The molecule has 0 radical (unpaired) electrons. The minimum absolute atomic E-state index is 0.100. The molecule has 4 aromatic rings. The van der Waals surface area contributed by atoms with Crippen LogP contribution in [0.5, 0.6) is 0 Å². The van der Waals surface area contributed by atoms with E-state index in [2.05, 4.69) is 23.1 Å². The Bertz CT molecular complexity index is 1310. The van der Waals surface area contributed by atoms with Gasteiger partial charge in [-0.15, -0.1) is 0 Å². The summed E-state index contributed by atoms with van der Waals surface area (Å²) in [6.45, 7) is 7.71. The molecule has 0 aliphatic heterocycles. The van der Waals surface area contributed by atoms with Crippen molar-refractivity contribution in [3.63, 3.8) is 0 Å². The molecule has 0 saturated carbocycles. The third kappa shape index (κ3) is 3.50. The second kappa shape index (κ2) is 7.64. The van der Waals surface area contributed by atoms with E-state index in [1.54, 1.807) is 36.5 Å². The fourth-order valence-corrected chi connectivity index (χ4v) is 3.31. The van der Waals surface area contributed by atoms with E-state index in [-0.39, 0.29) is 17.9 Å². The zero-order valence-electron chi connectivity index (χ0n) is 15.7.